The van der Waals surface area contributed by atoms with Crippen molar-refractivity contribution in [2.24, 2.45) is 0 Å². The molecule has 6 nitrogen and oxygen atoms in total. The number of hydrogen-bond donors (Lipinski definition) is 3. The van der Waals surface area contributed by atoms with Gasteiger partial charge >= 0.3 is 6.03 Å². The van der Waals surface area contributed by atoms with Crippen LogP contribution in [0.3, 0.4) is 0 Å². The van der Waals surface area contributed by atoms with Crippen LogP contribution in [0.25, 0.3) is 10.8 Å². The molecule has 2 aromatic carbocycles. The average molecular weight is 429 g/mol. The number of fused-ring (bicyclic) bond motifs is 1. The largest absolute Gasteiger partial charge is 0.394 e. The number of hydrogen-bond acceptors (Lipinski definition) is 4. The van der Waals surface area contributed by atoms with Crippen molar-refractivity contribution in [3.05, 3.63) is 77.6 Å². The Labute approximate surface area is 179 Å². The molecular weight excluding hydrogens is 404 g/mol. The molecule has 0 unspecified atom stereocenters. The molecule has 1 aromatic heterocycles. The predicted octanol–water partition coefficient (Wildman–Crippen LogP) is 3.01. The molecule has 3 N–H and O–H groups in total. The van der Waals surface area contributed by atoms with Crippen molar-refractivity contribution in [3.63, 3.8) is 0 Å². The topological polar surface area (TPSA) is 85.7 Å². The van der Waals surface area contributed by atoms with Gasteiger partial charge in [-0.2, -0.15) is 0 Å². The number of rotatable bonds is 8. The number of halogens is 2. The minimum absolute atomic E-state index is 0.0319. The van der Waals surface area contributed by atoms with E-state index in [0.717, 1.165) is 22.5 Å². The average Bonchev–Trinajstić information content (AvgIpc) is 2.79. The fourth-order valence-electron chi connectivity index (χ4n) is 3.48. The van der Waals surface area contributed by atoms with Crippen LogP contribution < -0.4 is 5.32 Å². The summed E-state index contributed by atoms with van der Waals surface area (Å²) in [6.07, 6.45) is 1.14. The minimum Gasteiger partial charge on any atom is -0.394 e. The van der Waals surface area contributed by atoms with Gasteiger partial charge in [0.2, 0.25) is 0 Å². The molecule has 0 saturated carbocycles. The van der Waals surface area contributed by atoms with E-state index in [9.17, 15) is 23.8 Å². The standard InChI is InChI=1S/C23H25F2N3O3/c1-28(23(31)27-13-16-6-4-8-20(24)22(16)25)17(11-18(30)14-29)12-21-19-7-3-2-5-15(19)9-10-26-21/h2-10,17-18,29-30H,11-14H2,1H3,(H,27,31)/t17-,18-/m1/s1. The van der Waals surface area contributed by atoms with Crippen LogP contribution in [0, 0.1) is 11.6 Å². The molecule has 0 radical (unpaired) electrons. The van der Waals surface area contributed by atoms with Crippen LogP contribution in [-0.2, 0) is 13.0 Å². The monoisotopic (exact) mass is 429 g/mol. The Hall–Kier alpha value is -3.10. The first kappa shape index (κ1) is 22.6. The number of amides is 2. The van der Waals surface area contributed by atoms with Gasteiger partial charge < -0.3 is 20.4 Å². The lowest BCUT2D eigenvalue weighted by Gasteiger charge is -2.30. The predicted molar refractivity (Wildman–Crippen MR) is 113 cm³/mol. The van der Waals surface area contributed by atoms with E-state index in [1.54, 1.807) is 13.2 Å². The zero-order valence-corrected chi connectivity index (χ0v) is 17.1. The SMILES string of the molecule is CN(C(=O)NCc1cccc(F)c1F)[C@@H](Cc1nccc2ccccc12)C[C@@H](O)CO. The number of aliphatic hydroxyl groups is 2. The summed E-state index contributed by atoms with van der Waals surface area (Å²) >= 11 is 0. The number of aromatic nitrogens is 1. The van der Waals surface area contributed by atoms with Crippen molar-refractivity contribution >= 4 is 16.8 Å². The first-order valence-electron chi connectivity index (χ1n) is 9.95. The molecule has 8 heteroatoms. The number of carbonyl (C=O) groups is 1. The maximum absolute atomic E-state index is 13.9. The third-order valence-corrected chi connectivity index (χ3v) is 5.27. The smallest absolute Gasteiger partial charge is 0.317 e. The molecule has 0 spiro atoms. The van der Waals surface area contributed by atoms with E-state index in [2.05, 4.69) is 10.3 Å². The molecule has 0 fully saturated rings. The molecule has 164 valence electrons. The molecule has 3 rings (SSSR count). The fourth-order valence-corrected chi connectivity index (χ4v) is 3.48. The van der Waals surface area contributed by atoms with Gasteiger partial charge in [0.25, 0.3) is 0 Å². The lowest BCUT2D eigenvalue weighted by Crippen LogP contribution is -2.46. The molecule has 31 heavy (non-hydrogen) atoms. The van der Waals surface area contributed by atoms with Gasteiger partial charge in [0.1, 0.15) is 0 Å². The lowest BCUT2D eigenvalue weighted by molar-refractivity contribution is 0.0662. The number of benzene rings is 2. The summed E-state index contributed by atoms with van der Waals surface area (Å²) in [5.74, 6) is -1.98. The van der Waals surface area contributed by atoms with Gasteiger partial charge in [-0.05, 0) is 23.9 Å². The van der Waals surface area contributed by atoms with E-state index in [1.165, 1.54) is 17.0 Å². The van der Waals surface area contributed by atoms with Crippen molar-refractivity contribution in [2.75, 3.05) is 13.7 Å². The van der Waals surface area contributed by atoms with E-state index >= 15 is 0 Å². The van der Waals surface area contributed by atoms with Crippen LogP contribution in [0.5, 0.6) is 0 Å². The van der Waals surface area contributed by atoms with Gasteiger partial charge in [-0.3, -0.25) is 4.98 Å². The van der Waals surface area contributed by atoms with Crippen LogP contribution in [0.4, 0.5) is 13.6 Å². The number of likely N-dealkylation sites (N-methyl/N-ethyl adjacent to an activating group) is 1. The number of urea groups is 1. The number of pyridine rings is 1. The van der Waals surface area contributed by atoms with Gasteiger partial charge in [0, 0.05) is 43.2 Å². The van der Waals surface area contributed by atoms with Crippen LogP contribution in [-0.4, -0.2) is 51.9 Å². The van der Waals surface area contributed by atoms with Crippen molar-refractivity contribution < 1.29 is 23.8 Å². The molecule has 3 aromatic rings. The van der Waals surface area contributed by atoms with E-state index in [1.807, 2.05) is 30.3 Å². The first-order valence-corrected chi connectivity index (χ1v) is 9.95. The Bertz CT molecular complexity index is 1040. The second-order valence-electron chi connectivity index (χ2n) is 7.39. The van der Waals surface area contributed by atoms with Crippen LogP contribution in [0.2, 0.25) is 0 Å². The highest BCUT2D eigenvalue weighted by Crippen LogP contribution is 2.21. The maximum Gasteiger partial charge on any atom is 0.317 e. The Balaban J connectivity index is 1.77. The third kappa shape index (κ3) is 5.53. The normalized spacial score (nSPS) is 13.1. The third-order valence-electron chi connectivity index (χ3n) is 5.27. The number of aliphatic hydroxyl groups excluding tert-OH is 2. The van der Waals surface area contributed by atoms with Gasteiger partial charge in [0.15, 0.2) is 11.6 Å². The quantitative estimate of drug-likeness (QED) is 0.514. The van der Waals surface area contributed by atoms with Gasteiger partial charge in [-0.25, -0.2) is 13.6 Å². The summed E-state index contributed by atoms with van der Waals surface area (Å²) in [7, 11) is 1.55. The van der Waals surface area contributed by atoms with Crippen molar-refractivity contribution in [1.29, 1.82) is 0 Å². The van der Waals surface area contributed by atoms with E-state index < -0.39 is 36.4 Å². The summed E-state index contributed by atoms with van der Waals surface area (Å²) in [6.45, 7) is -0.627. The highest BCUT2D eigenvalue weighted by molar-refractivity contribution is 5.84. The van der Waals surface area contributed by atoms with Crippen LogP contribution >= 0.6 is 0 Å². The maximum atomic E-state index is 13.9. The van der Waals surface area contributed by atoms with Crippen LogP contribution in [0.1, 0.15) is 17.7 Å². The highest BCUT2D eigenvalue weighted by atomic mass is 19.2. The molecule has 0 aliphatic heterocycles. The molecule has 0 bridgehead atoms. The minimum atomic E-state index is -1.02. The number of carbonyl (C=O) groups excluding carboxylic acids is 1. The number of nitrogens with zero attached hydrogens (tertiary/aromatic N) is 2. The second-order valence-corrected chi connectivity index (χ2v) is 7.39. The lowest BCUT2D eigenvalue weighted by atomic mass is 9.99. The van der Waals surface area contributed by atoms with E-state index in [-0.39, 0.29) is 18.5 Å². The fraction of sp³-hybridized carbons (Fsp3) is 0.304. The van der Waals surface area contributed by atoms with E-state index in [0.29, 0.717) is 6.42 Å². The first-order chi connectivity index (χ1) is 14.9. The summed E-state index contributed by atoms with van der Waals surface area (Å²) in [4.78, 5) is 18.5. The molecule has 0 aliphatic rings. The molecule has 2 atom stereocenters. The van der Waals surface area contributed by atoms with Gasteiger partial charge in [-0.15, -0.1) is 0 Å². The summed E-state index contributed by atoms with van der Waals surface area (Å²) < 4.78 is 27.2. The molecule has 1 heterocycles. The highest BCUT2D eigenvalue weighted by Gasteiger charge is 2.24. The summed E-state index contributed by atoms with van der Waals surface area (Å²) in [6, 6.07) is 12.4. The van der Waals surface area contributed by atoms with Crippen molar-refractivity contribution in [3.8, 4) is 0 Å². The van der Waals surface area contributed by atoms with Crippen molar-refractivity contribution in [2.45, 2.75) is 31.5 Å². The molecule has 0 saturated heterocycles. The zero-order chi connectivity index (χ0) is 22.4. The van der Waals surface area contributed by atoms with E-state index in [4.69, 9.17) is 0 Å². The molecule has 2 amide bonds. The van der Waals surface area contributed by atoms with Crippen LogP contribution in [0.15, 0.2) is 54.7 Å². The summed E-state index contributed by atoms with van der Waals surface area (Å²) in [5.41, 5.74) is 0.786. The molecule has 0 aliphatic carbocycles. The Morgan fingerprint density at radius 1 is 1.16 bits per heavy atom. The van der Waals surface area contributed by atoms with Gasteiger partial charge in [0.05, 0.1) is 18.4 Å². The summed E-state index contributed by atoms with van der Waals surface area (Å²) in [5, 5.41) is 23.8. The Morgan fingerprint density at radius 3 is 2.71 bits per heavy atom. The second kappa shape index (κ2) is 10.3. The molecular formula is C23H25F2N3O3. The van der Waals surface area contributed by atoms with Gasteiger partial charge in [-0.1, -0.05) is 36.4 Å². The Kier molecular flexibility index (Phi) is 7.49. The Morgan fingerprint density at radius 2 is 1.94 bits per heavy atom. The number of nitrogens with one attached hydrogen (secondary N) is 1. The van der Waals surface area contributed by atoms with Crippen molar-refractivity contribution in [1.82, 2.24) is 15.2 Å². The zero-order valence-electron chi connectivity index (χ0n) is 17.1.